The first-order valence-corrected chi connectivity index (χ1v) is 7.76. The number of pyridine rings is 1. The molecule has 0 amide bonds. The number of aryl methyl sites for hydroxylation is 1. The lowest BCUT2D eigenvalue weighted by Gasteiger charge is -2.19. The molecule has 5 heteroatoms. The molecule has 0 bridgehead atoms. The summed E-state index contributed by atoms with van der Waals surface area (Å²) in [7, 11) is 1.64. The van der Waals surface area contributed by atoms with Crippen molar-refractivity contribution in [3.63, 3.8) is 0 Å². The quantitative estimate of drug-likeness (QED) is 0.726. The molecule has 1 unspecified atom stereocenters. The van der Waals surface area contributed by atoms with Crippen molar-refractivity contribution < 1.29 is 4.74 Å². The highest BCUT2D eigenvalue weighted by molar-refractivity contribution is 6.17. The first-order chi connectivity index (χ1) is 9.74. The molecular weight excluding hydrogens is 274 g/mol. The van der Waals surface area contributed by atoms with E-state index in [2.05, 4.69) is 28.4 Å². The Labute approximate surface area is 125 Å². The second-order valence-electron chi connectivity index (χ2n) is 4.88. The van der Waals surface area contributed by atoms with Gasteiger partial charge in [0.05, 0.1) is 7.11 Å². The molecule has 0 aromatic carbocycles. The molecule has 0 fully saturated rings. The highest BCUT2D eigenvalue weighted by Crippen LogP contribution is 2.27. The van der Waals surface area contributed by atoms with E-state index in [1.165, 1.54) is 0 Å². The van der Waals surface area contributed by atoms with Crippen LogP contribution in [0.1, 0.15) is 45.0 Å². The molecule has 20 heavy (non-hydrogen) atoms. The van der Waals surface area contributed by atoms with Crippen molar-refractivity contribution >= 4 is 22.8 Å². The van der Waals surface area contributed by atoms with Gasteiger partial charge in [0.25, 0.3) is 0 Å². The molecule has 0 saturated carbocycles. The fourth-order valence-electron chi connectivity index (χ4n) is 2.61. The summed E-state index contributed by atoms with van der Waals surface area (Å²) < 4.78 is 7.50. The lowest BCUT2D eigenvalue weighted by atomic mass is 10.1. The number of methoxy groups -OCH3 is 1. The van der Waals surface area contributed by atoms with Crippen molar-refractivity contribution in [3.05, 3.63) is 18.0 Å². The normalized spacial score (nSPS) is 12.8. The Kier molecular flexibility index (Phi) is 5.24. The number of alkyl halides is 1. The average molecular weight is 296 g/mol. The minimum atomic E-state index is 0.419. The number of imidazole rings is 1. The van der Waals surface area contributed by atoms with E-state index in [0.29, 0.717) is 17.8 Å². The SMILES string of the molecule is CCCC(CC)n1c(CCCl)nc2ccc(OC)nc21. The van der Waals surface area contributed by atoms with Gasteiger partial charge in [0.1, 0.15) is 11.3 Å². The van der Waals surface area contributed by atoms with Crippen molar-refractivity contribution in [2.45, 2.75) is 45.6 Å². The monoisotopic (exact) mass is 295 g/mol. The summed E-state index contributed by atoms with van der Waals surface area (Å²) in [4.78, 5) is 9.27. The van der Waals surface area contributed by atoms with Gasteiger partial charge in [-0.1, -0.05) is 20.3 Å². The van der Waals surface area contributed by atoms with Gasteiger partial charge in [0.2, 0.25) is 5.88 Å². The maximum absolute atomic E-state index is 5.92. The molecule has 1 atom stereocenters. The Hall–Kier alpha value is -1.29. The van der Waals surface area contributed by atoms with E-state index in [-0.39, 0.29) is 0 Å². The summed E-state index contributed by atoms with van der Waals surface area (Å²) in [6.45, 7) is 4.41. The van der Waals surface area contributed by atoms with Crippen LogP contribution < -0.4 is 4.74 Å². The minimum Gasteiger partial charge on any atom is -0.481 e. The predicted molar refractivity (Wildman–Crippen MR) is 82.7 cm³/mol. The molecule has 0 aliphatic rings. The van der Waals surface area contributed by atoms with Gasteiger partial charge >= 0.3 is 0 Å². The van der Waals surface area contributed by atoms with E-state index in [1.807, 2.05) is 12.1 Å². The first kappa shape index (κ1) is 15.1. The summed E-state index contributed by atoms with van der Waals surface area (Å²) in [6.07, 6.45) is 4.09. The molecule has 2 heterocycles. The number of fused-ring (bicyclic) bond motifs is 1. The van der Waals surface area contributed by atoms with Gasteiger partial charge < -0.3 is 9.30 Å². The average Bonchev–Trinajstić information content (AvgIpc) is 2.82. The van der Waals surface area contributed by atoms with Crippen LogP contribution in [-0.2, 0) is 6.42 Å². The third-order valence-electron chi connectivity index (χ3n) is 3.57. The summed E-state index contributed by atoms with van der Waals surface area (Å²) in [5.41, 5.74) is 1.82. The third kappa shape index (κ3) is 2.90. The van der Waals surface area contributed by atoms with Gasteiger partial charge in [-0.2, -0.15) is 4.98 Å². The summed E-state index contributed by atoms with van der Waals surface area (Å²) in [6, 6.07) is 4.24. The lowest BCUT2D eigenvalue weighted by Crippen LogP contribution is -2.13. The van der Waals surface area contributed by atoms with E-state index in [0.717, 1.165) is 42.7 Å². The second kappa shape index (κ2) is 6.93. The van der Waals surface area contributed by atoms with E-state index in [4.69, 9.17) is 16.3 Å². The van der Waals surface area contributed by atoms with Gasteiger partial charge in [-0.3, -0.25) is 0 Å². The molecular formula is C15H22ClN3O. The molecule has 2 aromatic heterocycles. The van der Waals surface area contributed by atoms with Crippen molar-refractivity contribution in [1.29, 1.82) is 0 Å². The molecule has 0 spiro atoms. The van der Waals surface area contributed by atoms with E-state index >= 15 is 0 Å². The van der Waals surface area contributed by atoms with Crippen LogP contribution in [0.2, 0.25) is 0 Å². The molecule has 0 aliphatic heterocycles. The standard InChI is InChI=1S/C15H22ClN3O/c1-4-6-11(5-2)19-13(9-10-16)17-12-7-8-14(20-3)18-15(12)19/h7-8,11H,4-6,9-10H2,1-3H3. The second-order valence-corrected chi connectivity index (χ2v) is 5.26. The Bertz CT molecular complexity index is 567. The van der Waals surface area contributed by atoms with Crippen LogP contribution in [-0.4, -0.2) is 27.5 Å². The van der Waals surface area contributed by atoms with Gasteiger partial charge in [-0.25, -0.2) is 4.98 Å². The predicted octanol–water partition coefficient (Wildman–Crippen LogP) is 3.97. The highest BCUT2D eigenvalue weighted by atomic mass is 35.5. The maximum Gasteiger partial charge on any atom is 0.215 e. The largest absolute Gasteiger partial charge is 0.481 e. The van der Waals surface area contributed by atoms with Crippen LogP contribution in [0.5, 0.6) is 5.88 Å². The Morgan fingerprint density at radius 3 is 2.70 bits per heavy atom. The summed E-state index contributed by atoms with van der Waals surface area (Å²) in [5.74, 6) is 2.22. The van der Waals surface area contributed by atoms with Crippen LogP contribution in [0, 0.1) is 0 Å². The van der Waals surface area contributed by atoms with E-state index in [9.17, 15) is 0 Å². The number of halogens is 1. The number of rotatable bonds is 7. The minimum absolute atomic E-state index is 0.419. The topological polar surface area (TPSA) is 39.9 Å². The van der Waals surface area contributed by atoms with Crippen molar-refractivity contribution in [2.24, 2.45) is 0 Å². The number of ether oxygens (including phenoxy) is 1. The molecule has 0 N–H and O–H groups in total. The molecule has 0 radical (unpaired) electrons. The fourth-order valence-corrected chi connectivity index (χ4v) is 2.78. The maximum atomic E-state index is 5.92. The summed E-state index contributed by atoms with van der Waals surface area (Å²) >= 11 is 5.92. The van der Waals surface area contributed by atoms with Crippen LogP contribution in [0.3, 0.4) is 0 Å². The van der Waals surface area contributed by atoms with Gasteiger partial charge in [-0.15, -0.1) is 11.6 Å². The number of nitrogens with zero attached hydrogens (tertiary/aromatic N) is 3. The lowest BCUT2D eigenvalue weighted by molar-refractivity contribution is 0.396. The van der Waals surface area contributed by atoms with Crippen molar-refractivity contribution in [3.8, 4) is 5.88 Å². The Morgan fingerprint density at radius 1 is 1.30 bits per heavy atom. The molecule has 2 rings (SSSR count). The van der Waals surface area contributed by atoms with E-state index < -0.39 is 0 Å². The zero-order valence-electron chi connectivity index (χ0n) is 12.4. The zero-order valence-corrected chi connectivity index (χ0v) is 13.2. The number of aromatic nitrogens is 3. The van der Waals surface area contributed by atoms with Crippen LogP contribution in [0.25, 0.3) is 11.2 Å². The number of hydrogen-bond acceptors (Lipinski definition) is 3. The summed E-state index contributed by atoms with van der Waals surface area (Å²) in [5, 5.41) is 0. The van der Waals surface area contributed by atoms with Crippen molar-refractivity contribution in [2.75, 3.05) is 13.0 Å². The Morgan fingerprint density at radius 2 is 2.10 bits per heavy atom. The molecule has 110 valence electrons. The highest BCUT2D eigenvalue weighted by Gasteiger charge is 2.18. The molecule has 4 nitrogen and oxygen atoms in total. The van der Waals surface area contributed by atoms with E-state index in [1.54, 1.807) is 7.11 Å². The van der Waals surface area contributed by atoms with Gasteiger partial charge in [0, 0.05) is 24.4 Å². The van der Waals surface area contributed by atoms with Crippen LogP contribution in [0.4, 0.5) is 0 Å². The van der Waals surface area contributed by atoms with Crippen LogP contribution in [0.15, 0.2) is 12.1 Å². The zero-order chi connectivity index (χ0) is 14.5. The molecule has 0 aliphatic carbocycles. The third-order valence-corrected chi connectivity index (χ3v) is 3.76. The fraction of sp³-hybridized carbons (Fsp3) is 0.600. The van der Waals surface area contributed by atoms with Gasteiger partial charge in [-0.05, 0) is 18.9 Å². The molecule has 0 saturated heterocycles. The smallest absolute Gasteiger partial charge is 0.215 e. The van der Waals surface area contributed by atoms with Gasteiger partial charge in [0.15, 0.2) is 5.65 Å². The molecule has 2 aromatic rings. The Balaban J connectivity index is 2.58. The first-order valence-electron chi connectivity index (χ1n) is 7.22. The van der Waals surface area contributed by atoms with Crippen molar-refractivity contribution in [1.82, 2.24) is 14.5 Å². The van der Waals surface area contributed by atoms with Crippen LogP contribution >= 0.6 is 11.6 Å². The number of hydrogen-bond donors (Lipinski definition) is 0.